The van der Waals surface area contributed by atoms with E-state index in [4.69, 9.17) is 16.2 Å². The van der Waals surface area contributed by atoms with E-state index < -0.39 is 5.97 Å². The fourth-order valence-electron chi connectivity index (χ4n) is 3.66. The molecule has 0 aliphatic carbocycles. The smallest absolute Gasteiger partial charge is 0.324 e. The monoisotopic (exact) mass is 359 g/mol. The summed E-state index contributed by atoms with van der Waals surface area (Å²) < 4.78 is 0. The van der Waals surface area contributed by atoms with Gasteiger partial charge in [0.25, 0.3) is 0 Å². The van der Waals surface area contributed by atoms with Crippen LogP contribution in [0.25, 0.3) is 0 Å². The van der Waals surface area contributed by atoms with Gasteiger partial charge in [-0.3, -0.25) is 15.1 Å². The average Bonchev–Trinajstić information content (AvgIpc) is 3.02. The van der Waals surface area contributed by atoms with Crippen LogP contribution in [0.2, 0.25) is 0 Å². The molecule has 2 amide bonds. The van der Waals surface area contributed by atoms with Crippen LogP contribution in [0.3, 0.4) is 0 Å². The molecule has 3 rings (SSSR count). The molecule has 0 saturated carbocycles. The summed E-state index contributed by atoms with van der Waals surface area (Å²) in [7, 11) is 0. The standard InChI is InChI=1S/C18H25N5O3/c19-17(20)13-1-3-14(4-2-13)22-11-12-23(18(22)26)15-5-8-21(9-6-15)10-7-16(24)25/h1-4,15H,5-12H2,(H3,19,20)(H,24,25). The van der Waals surface area contributed by atoms with Crippen molar-refractivity contribution in [2.75, 3.05) is 37.6 Å². The second-order valence-corrected chi connectivity index (χ2v) is 6.80. The molecule has 0 spiro atoms. The van der Waals surface area contributed by atoms with E-state index in [0.29, 0.717) is 25.2 Å². The van der Waals surface area contributed by atoms with Crippen molar-refractivity contribution >= 4 is 23.5 Å². The summed E-state index contributed by atoms with van der Waals surface area (Å²) in [5, 5.41) is 16.2. The molecule has 2 aliphatic rings. The lowest BCUT2D eigenvalue weighted by atomic mass is 10.0. The highest BCUT2D eigenvalue weighted by molar-refractivity contribution is 5.97. The van der Waals surface area contributed by atoms with Crippen LogP contribution in [-0.4, -0.2) is 71.5 Å². The topological polar surface area (TPSA) is 114 Å². The van der Waals surface area contributed by atoms with E-state index in [1.165, 1.54) is 0 Å². The third-order valence-electron chi connectivity index (χ3n) is 5.17. The number of nitrogens with zero attached hydrogens (tertiary/aromatic N) is 3. The van der Waals surface area contributed by atoms with Gasteiger partial charge >= 0.3 is 12.0 Å². The van der Waals surface area contributed by atoms with E-state index in [1.807, 2.05) is 17.0 Å². The van der Waals surface area contributed by atoms with Gasteiger partial charge in [-0.2, -0.15) is 0 Å². The van der Waals surface area contributed by atoms with Gasteiger partial charge in [0.15, 0.2) is 0 Å². The number of hydrogen-bond donors (Lipinski definition) is 3. The number of nitrogen functional groups attached to an aromatic ring is 1. The minimum atomic E-state index is -0.770. The van der Waals surface area contributed by atoms with Crippen molar-refractivity contribution in [2.45, 2.75) is 25.3 Å². The summed E-state index contributed by atoms with van der Waals surface area (Å²) in [4.78, 5) is 29.4. The first-order valence-corrected chi connectivity index (χ1v) is 8.92. The van der Waals surface area contributed by atoms with Gasteiger partial charge in [0.05, 0.1) is 6.42 Å². The molecule has 2 saturated heterocycles. The van der Waals surface area contributed by atoms with Gasteiger partial charge in [-0.1, -0.05) is 0 Å². The Hall–Kier alpha value is -2.61. The molecule has 4 N–H and O–H groups in total. The number of likely N-dealkylation sites (tertiary alicyclic amines) is 1. The Morgan fingerprint density at radius 2 is 1.81 bits per heavy atom. The first-order valence-electron chi connectivity index (χ1n) is 8.92. The quantitative estimate of drug-likeness (QED) is 0.521. The van der Waals surface area contributed by atoms with Crippen LogP contribution in [0.5, 0.6) is 0 Å². The summed E-state index contributed by atoms with van der Waals surface area (Å²) in [6, 6.07) is 7.40. The number of carbonyl (C=O) groups excluding carboxylic acids is 1. The molecule has 140 valence electrons. The average molecular weight is 359 g/mol. The van der Waals surface area contributed by atoms with Crippen LogP contribution in [0.1, 0.15) is 24.8 Å². The van der Waals surface area contributed by atoms with Crippen molar-refractivity contribution in [1.82, 2.24) is 9.80 Å². The van der Waals surface area contributed by atoms with Crippen molar-refractivity contribution in [3.63, 3.8) is 0 Å². The van der Waals surface area contributed by atoms with E-state index in [9.17, 15) is 9.59 Å². The van der Waals surface area contributed by atoms with Crippen molar-refractivity contribution < 1.29 is 14.7 Å². The maximum atomic E-state index is 12.8. The molecule has 2 fully saturated rings. The number of carbonyl (C=O) groups is 2. The molecule has 0 bridgehead atoms. The van der Waals surface area contributed by atoms with Gasteiger partial charge in [-0.05, 0) is 37.1 Å². The Morgan fingerprint density at radius 1 is 1.15 bits per heavy atom. The van der Waals surface area contributed by atoms with E-state index in [0.717, 1.165) is 31.6 Å². The number of amidine groups is 1. The van der Waals surface area contributed by atoms with Crippen molar-refractivity contribution in [3.8, 4) is 0 Å². The van der Waals surface area contributed by atoms with Gasteiger partial charge in [0, 0.05) is 50.0 Å². The number of piperidine rings is 1. The number of hydrogen-bond acceptors (Lipinski definition) is 4. The van der Waals surface area contributed by atoms with Gasteiger partial charge < -0.3 is 20.6 Å². The van der Waals surface area contributed by atoms with Crippen molar-refractivity contribution in [3.05, 3.63) is 29.8 Å². The minimum Gasteiger partial charge on any atom is -0.481 e. The molecule has 0 radical (unpaired) electrons. The normalized spacial score (nSPS) is 19.2. The zero-order chi connectivity index (χ0) is 18.7. The van der Waals surface area contributed by atoms with Crippen molar-refractivity contribution in [1.29, 1.82) is 5.41 Å². The first kappa shape index (κ1) is 18.2. The molecule has 1 aromatic rings. The number of anilines is 1. The number of benzene rings is 1. The van der Waals surface area contributed by atoms with Gasteiger partial charge in [0.2, 0.25) is 0 Å². The fourth-order valence-corrected chi connectivity index (χ4v) is 3.66. The van der Waals surface area contributed by atoms with Crippen LogP contribution in [-0.2, 0) is 4.79 Å². The zero-order valence-electron chi connectivity index (χ0n) is 14.7. The Balaban J connectivity index is 1.56. The number of carboxylic acids is 1. The fraction of sp³-hybridized carbons (Fsp3) is 0.500. The third kappa shape index (κ3) is 3.96. The lowest BCUT2D eigenvalue weighted by Gasteiger charge is -2.36. The highest BCUT2D eigenvalue weighted by Crippen LogP contribution is 2.26. The number of nitrogens with two attached hydrogens (primary N) is 1. The van der Waals surface area contributed by atoms with Crippen LogP contribution in [0.4, 0.5) is 10.5 Å². The van der Waals surface area contributed by atoms with Gasteiger partial charge in [-0.25, -0.2) is 4.79 Å². The van der Waals surface area contributed by atoms with Gasteiger partial charge in [-0.15, -0.1) is 0 Å². The molecular weight excluding hydrogens is 334 g/mol. The largest absolute Gasteiger partial charge is 0.481 e. The molecule has 2 heterocycles. The molecule has 8 nitrogen and oxygen atoms in total. The van der Waals surface area contributed by atoms with Gasteiger partial charge in [0.1, 0.15) is 5.84 Å². The second kappa shape index (κ2) is 7.74. The number of nitrogens with one attached hydrogen (secondary N) is 1. The van der Waals surface area contributed by atoms with E-state index in [1.54, 1.807) is 17.0 Å². The van der Waals surface area contributed by atoms with Crippen LogP contribution >= 0.6 is 0 Å². The summed E-state index contributed by atoms with van der Waals surface area (Å²) in [5.74, 6) is -0.756. The Kier molecular flexibility index (Phi) is 5.41. The number of aliphatic carboxylic acids is 1. The van der Waals surface area contributed by atoms with E-state index in [2.05, 4.69) is 4.90 Å². The Labute approximate surface area is 152 Å². The molecule has 8 heteroatoms. The minimum absolute atomic E-state index is 0.0144. The molecule has 0 atom stereocenters. The lowest BCUT2D eigenvalue weighted by Crippen LogP contribution is -2.46. The highest BCUT2D eigenvalue weighted by Gasteiger charge is 2.35. The number of urea groups is 1. The molecule has 2 aliphatic heterocycles. The summed E-state index contributed by atoms with van der Waals surface area (Å²) in [6.07, 6.45) is 1.92. The van der Waals surface area contributed by atoms with Crippen LogP contribution < -0.4 is 10.6 Å². The molecule has 0 unspecified atom stereocenters. The summed E-state index contributed by atoms with van der Waals surface area (Å²) >= 11 is 0. The Bertz CT molecular complexity index is 683. The van der Waals surface area contributed by atoms with Crippen molar-refractivity contribution in [2.24, 2.45) is 5.73 Å². The van der Waals surface area contributed by atoms with Crippen LogP contribution in [0, 0.1) is 5.41 Å². The Morgan fingerprint density at radius 3 is 2.38 bits per heavy atom. The highest BCUT2D eigenvalue weighted by atomic mass is 16.4. The maximum absolute atomic E-state index is 12.8. The summed E-state index contributed by atoms with van der Waals surface area (Å²) in [5.41, 5.74) is 6.94. The molecule has 0 aromatic heterocycles. The number of carboxylic acid groups (broad SMARTS) is 1. The van der Waals surface area contributed by atoms with E-state index in [-0.39, 0.29) is 24.3 Å². The lowest BCUT2D eigenvalue weighted by molar-refractivity contribution is -0.137. The number of amides is 2. The molecular formula is C18H25N5O3. The SMILES string of the molecule is N=C(N)c1ccc(N2CCN(C3CCN(CCC(=O)O)CC3)C2=O)cc1. The third-order valence-corrected chi connectivity index (χ3v) is 5.17. The molecule has 26 heavy (non-hydrogen) atoms. The number of rotatable bonds is 6. The summed E-state index contributed by atoms with van der Waals surface area (Å²) in [6.45, 7) is 3.58. The predicted octanol–water partition coefficient (Wildman–Crippen LogP) is 1.15. The van der Waals surface area contributed by atoms with Crippen LogP contribution in [0.15, 0.2) is 24.3 Å². The van der Waals surface area contributed by atoms with E-state index >= 15 is 0 Å². The maximum Gasteiger partial charge on any atom is 0.324 e. The first-order chi connectivity index (χ1) is 12.5. The second-order valence-electron chi connectivity index (χ2n) is 6.80. The predicted molar refractivity (Wildman–Crippen MR) is 98.6 cm³/mol. The zero-order valence-corrected chi connectivity index (χ0v) is 14.7. The molecule has 1 aromatic carbocycles.